The van der Waals surface area contributed by atoms with Crippen molar-refractivity contribution in [1.82, 2.24) is 20.0 Å². The fourth-order valence-electron chi connectivity index (χ4n) is 3.54. The van der Waals surface area contributed by atoms with Crippen LogP contribution in [-0.4, -0.2) is 25.9 Å². The van der Waals surface area contributed by atoms with Crippen molar-refractivity contribution >= 4 is 33.4 Å². The van der Waals surface area contributed by atoms with Gasteiger partial charge in [0.15, 0.2) is 5.69 Å². The molecule has 7 nitrogen and oxygen atoms in total. The molecule has 2 aromatic carbocycles. The summed E-state index contributed by atoms with van der Waals surface area (Å²) in [6.07, 6.45) is 1.84. The summed E-state index contributed by atoms with van der Waals surface area (Å²) in [5, 5.41) is 14.3. The normalized spacial score (nSPS) is 11.3. The van der Waals surface area contributed by atoms with Crippen LogP contribution in [0.4, 0.5) is 5.69 Å². The molecule has 0 atom stereocenters. The molecule has 26 heavy (non-hydrogen) atoms. The molecule has 0 unspecified atom stereocenters. The van der Waals surface area contributed by atoms with Crippen LogP contribution in [0.2, 0.25) is 0 Å². The Morgan fingerprint density at radius 1 is 1.12 bits per heavy atom. The second-order valence-corrected chi connectivity index (χ2v) is 6.48. The molecule has 7 heteroatoms. The molecular weight excluding hydrogens is 328 g/mol. The van der Waals surface area contributed by atoms with Crippen molar-refractivity contribution in [2.45, 2.75) is 13.8 Å². The predicted molar refractivity (Wildman–Crippen MR) is 102 cm³/mol. The summed E-state index contributed by atoms with van der Waals surface area (Å²) in [6.45, 7) is 4.07. The molecule has 0 radical (unpaired) electrons. The summed E-state index contributed by atoms with van der Waals surface area (Å²) in [5.41, 5.74) is 17.5. The lowest BCUT2D eigenvalue weighted by Crippen LogP contribution is -2.16. The number of aromatic nitrogens is 4. The van der Waals surface area contributed by atoms with Crippen molar-refractivity contribution in [3.05, 3.63) is 47.3 Å². The summed E-state index contributed by atoms with van der Waals surface area (Å²) in [7, 11) is 1.93. The molecular formula is C19H18N6O. The minimum Gasteiger partial charge on any atom is -0.396 e. The van der Waals surface area contributed by atoms with Crippen LogP contribution in [0.1, 0.15) is 21.6 Å². The molecule has 0 aliphatic rings. The van der Waals surface area contributed by atoms with Gasteiger partial charge in [0.1, 0.15) is 5.52 Å². The number of nitrogens with two attached hydrogens (primary N) is 2. The van der Waals surface area contributed by atoms with Gasteiger partial charge in [-0.25, -0.2) is 0 Å². The van der Waals surface area contributed by atoms with E-state index in [1.807, 2.05) is 37.0 Å². The number of hydrogen-bond acceptors (Lipinski definition) is 5. The number of rotatable bonds is 2. The lowest BCUT2D eigenvalue weighted by molar-refractivity contribution is 0.0996. The van der Waals surface area contributed by atoms with Gasteiger partial charge in [-0.15, -0.1) is 10.2 Å². The maximum Gasteiger partial charge on any atom is 0.271 e. The first-order valence-corrected chi connectivity index (χ1v) is 8.16. The van der Waals surface area contributed by atoms with Gasteiger partial charge in [0.25, 0.3) is 5.91 Å². The van der Waals surface area contributed by atoms with Crippen LogP contribution >= 0.6 is 0 Å². The fraction of sp³-hybridized carbons (Fsp3) is 0.158. The summed E-state index contributed by atoms with van der Waals surface area (Å²) >= 11 is 0. The Labute approximate surface area is 149 Å². The molecule has 0 spiro atoms. The van der Waals surface area contributed by atoms with Crippen LogP contribution in [0.15, 0.2) is 30.5 Å². The number of carbonyl (C=O) groups excluding carboxylic acids is 1. The third-order valence-corrected chi connectivity index (χ3v) is 4.73. The van der Waals surface area contributed by atoms with Gasteiger partial charge in [-0.1, -0.05) is 12.1 Å². The van der Waals surface area contributed by atoms with Crippen molar-refractivity contribution in [3.63, 3.8) is 0 Å². The number of benzene rings is 2. The molecule has 4 rings (SSSR count). The maximum absolute atomic E-state index is 11.5. The number of fused-ring (bicyclic) bond motifs is 2. The highest BCUT2D eigenvalue weighted by Gasteiger charge is 2.17. The van der Waals surface area contributed by atoms with Crippen molar-refractivity contribution in [2.24, 2.45) is 12.8 Å². The summed E-state index contributed by atoms with van der Waals surface area (Å²) in [6, 6.07) is 7.99. The average Bonchev–Trinajstić information content (AvgIpc) is 2.96. The van der Waals surface area contributed by atoms with Gasteiger partial charge in [0.2, 0.25) is 0 Å². The zero-order valence-electron chi connectivity index (χ0n) is 14.7. The number of nitrogens with zero attached hydrogens (tertiary/aromatic N) is 4. The van der Waals surface area contributed by atoms with E-state index >= 15 is 0 Å². The van der Waals surface area contributed by atoms with Crippen LogP contribution in [-0.2, 0) is 7.05 Å². The van der Waals surface area contributed by atoms with Crippen molar-refractivity contribution in [1.29, 1.82) is 0 Å². The molecule has 4 N–H and O–H groups in total. The first-order chi connectivity index (χ1) is 12.4. The average molecular weight is 346 g/mol. The van der Waals surface area contributed by atoms with E-state index in [1.165, 1.54) is 0 Å². The topological polar surface area (TPSA) is 113 Å². The minimum atomic E-state index is -0.688. The Bertz CT molecular complexity index is 1210. The Morgan fingerprint density at radius 2 is 1.88 bits per heavy atom. The van der Waals surface area contributed by atoms with E-state index in [4.69, 9.17) is 11.5 Å². The zero-order valence-corrected chi connectivity index (χ0v) is 14.7. The highest BCUT2D eigenvalue weighted by molar-refractivity contribution is 6.08. The van der Waals surface area contributed by atoms with Crippen molar-refractivity contribution in [3.8, 4) is 11.1 Å². The summed E-state index contributed by atoms with van der Waals surface area (Å²) < 4.78 is 1.86. The number of primary amides is 1. The van der Waals surface area contributed by atoms with Gasteiger partial charge in [0, 0.05) is 23.4 Å². The fourth-order valence-corrected chi connectivity index (χ4v) is 3.54. The van der Waals surface area contributed by atoms with Gasteiger partial charge in [-0.2, -0.15) is 5.10 Å². The maximum atomic E-state index is 11.5. The first-order valence-electron chi connectivity index (χ1n) is 8.16. The molecule has 0 aliphatic carbocycles. The second-order valence-electron chi connectivity index (χ2n) is 6.48. The number of hydrogen-bond donors (Lipinski definition) is 2. The lowest BCUT2D eigenvalue weighted by atomic mass is 9.94. The number of nitrogen functional groups attached to an aromatic ring is 1. The third-order valence-electron chi connectivity index (χ3n) is 4.73. The smallest absolute Gasteiger partial charge is 0.271 e. The van der Waals surface area contributed by atoms with Gasteiger partial charge < -0.3 is 11.5 Å². The molecule has 0 bridgehead atoms. The Hall–Kier alpha value is -3.48. The van der Waals surface area contributed by atoms with E-state index < -0.39 is 5.91 Å². The van der Waals surface area contributed by atoms with E-state index in [0.717, 1.165) is 33.2 Å². The molecule has 4 aromatic rings. The molecule has 2 aromatic heterocycles. The minimum absolute atomic E-state index is 0.00815. The first kappa shape index (κ1) is 16.0. The van der Waals surface area contributed by atoms with E-state index in [1.54, 1.807) is 0 Å². The molecule has 0 saturated carbocycles. The standard InChI is InChI=1S/C19H18N6O/c1-9-4-5-13-15(20)17(19(21)26)24-23-16(13)14(9)11-6-10(2)18-12(7-11)8-22-25(18)3/h4-8H,1-3H3,(H2,20,23)(H2,21,26). The van der Waals surface area contributed by atoms with Gasteiger partial charge in [-0.05, 0) is 42.7 Å². The monoisotopic (exact) mass is 346 g/mol. The number of carbonyl (C=O) groups is 1. The number of anilines is 1. The summed E-state index contributed by atoms with van der Waals surface area (Å²) in [4.78, 5) is 11.5. The van der Waals surface area contributed by atoms with Crippen LogP contribution < -0.4 is 11.5 Å². The van der Waals surface area contributed by atoms with E-state index in [9.17, 15) is 4.79 Å². The van der Waals surface area contributed by atoms with Crippen LogP contribution in [0, 0.1) is 13.8 Å². The molecule has 0 fully saturated rings. The predicted octanol–water partition coefficient (Wildman–Crippen LogP) is 2.48. The Kier molecular flexibility index (Phi) is 3.40. The highest BCUT2D eigenvalue weighted by Crippen LogP contribution is 2.35. The quantitative estimate of drug-likeness (QED) is 0.579. The van der Waals surface area contributed by atoms with Gasteiger partial charge in [0.05, 0.1) is 17.4 Å². The Morgan fingerprint density at radius 3 is 2.62 bits per heavy atom. The van der Waals surface area contributed by atoms with Crippen molar-refractivity contribution in [2.75, 3.05) is 5.73 Å². The van der Waals surface area contributed by atoms with Crippen molar-refractivity contribution < 1.29 is 4.79 Å². The third kappa shape index (κ3) is 2.21. The molecule has 130 valence electrons. The largest absolute Gasteiger partial charge is 0.396 e. The highest BCUT2D eigenvalue weighted by atomic mass is 16.1. The SMILES string of the molecule is Cc1ccc2c(N)c(C(N)=O)nnc2c1-c1cc(C)c2c(cnn2C)c1. The van der Waals surface area contributed by atoms with E-state index in [0.29, 0.717) is 10.9 Å². The van der Waals surface area contributed by atoms with Crippen LogP contribution in [0.25, 0.3) is 32.9 Å². The second kappa shape index (κ2) is 5.52. The lowest BCUT2D eigenvalue weighted by Gasteiger charge is -2.13. The Balaban J connectivity index is 2.07. The van der Waals surface area contributed by atoms with Gasteiger partial charge >= 0.3 is 0 Å². The van der Waals surface area contributed by atoms with Gasteiger partial charge in [-0.3, -0.25) is 9.48 Å². The van der Waals surface area contributed by atoms with Crippen LogP contribution in [0.3, 0.4) is 0 Å². The number of aryl methyl sites for hydroxylation is 3. The summed E-state index contributed by atoms with van der Waals surface area (Å²) in [5.74, 6) is -0.688. The van der Waals surface area contributed by atoms with E-state index in [-0.39, 0.29) is 11.4 Å². The number of amides is 1. The molecule has 2 heterocycles. The van der Waals surface area contributed by atoms with Crippen LogP contribution in [0.5, 0.6) is 0 Å². The molecule has 0 aliphatic heterocycles. The molecule has 0 saturated heterocycles. The molecule has 1 amide bonds. The van der Waals surface area contributed by atoms with E-state index in [2.05, 4.69) is 34.4 Å². The zero-order chi connectivity index (χ0) is 18.6.